The maximum absolute atomic E-state index is 13.7. The van der Waals surface area contributed by atoms with Crippen molar-refractivity contribution < 1.29 is 29.6 Å². The van der Waals surface area contributed by atoms with E-state index in [-0.39, 0.29) is 45.9 Å². The Kier molecular flexibility index (Phi) is 7.19. The largest absolute Gasteiger partial charge is 0.462 e. The highest BCUT2D eigenvalue weighted by atomic mass is 16.5. The molecule has 0 aromatic heterocycles. The molecule has 0 aliphatic heterocycles. The Bertz CT molecular complexity index is 1040. The van der Waals surface area contributed by atoms with Crippen LogP contribution in [0.1, 0.15) is 101 Å². The first-order valence-corrected chi connectivity index (χ1v) is 14.5. The van der Waals surface area contributed by atoms with Crippen LogP contribution in [0.5, 0.6) is 0 Å². The van der Waals surface area contributed by atoms with E-state index in [9.17, 15) is 24.9 Å². The van der Waals surface area contributed by atoms with Crippen molar-refractivity contribution in [1.29, 1.82) is 0 Å². The van der Waals surface area contributed by atoms with E-state index in [1.54, 1.807) is 20.8 Å². The number of hydrogen-bond acceptors (Lipinski definition) is 6. The lowest BCUT2D eigenvalue weighted by Gasteiger charge is -2.62. The standard InChI is InChI=1S/C32H50O6/c1-18(10-11-20-21(29(5,6)36)16-25(35)32(20,9)37)27-22(34)17-24-30(7)15-13-26(38-19(2)33)28(3,4)23(30)12-14-31(24,27)8/h10-11,20-21,23-26,35-37H,12-17H2,1-9H3/b11-10+,27-18-/t20-,21+,23-,24-,25+,26-,30-,31-,32+/m0/s1. The van der Waals surface area contributed by atoms with Crippen LogP contribution in [0, 0.1) is 39.9 Å². The van der Waals surface area contributed by atoms with E-state index in [4.69, 9.17) is 4.74 Å². The van der Waals surface area contributed by atoms with Crippen molar-refractivity contribution in [2.75, 3.05) is 0 Å². The van der Waals surface area contributed by atoms with E-state index in [0.29, 0.717) is 18.8 Å². The molecule has 0 heterocycles. The average molecular weight is 531 g/mol. The van der Waals surface area contributed by atoms with E-state index in [0.717, 1.165) is 36.8 Å². The second-order valence-electron chi connectivity index (χ2n) is 14.8. The molecule has 214 valence electrons. The number of esters is 1. The zero-order chi connectivity index (χ0) is 28.6. The maximum atomic E-state index is 13.7. The number of hydrogen-bond donors (Lipinski definition) is 3. The van der Waals surface area contributed by atoms with Crippen LogP contribution in [0.3, 0.4) is 0 Å². The molecule has 0 aromatic carbocycles. The van der Waals surface area contributed by atoms with E-state index in [1.165, 1.54) is 6.92 Å². The van der Waals surface area contributed by atoms with Crippen LogP contribution >= 0.6 is 0 Å². The summed E-state index contributed by atoms with van der Waals surface area (Å²) in [4.78, 5) is 25.5. The molecule has 38 heavy (non-hydrogen) atoms. The van der Waals surface area contributed by atoms with Gasteiger partial charge in [-0.05, 0) is 88.5 Å². The molecule has 0 radical (unpaired) electrons. The summed E-state index contributed by atoms with van der Waals surface area (Å²) < 4.78 is 5.77. The van der Waals surface area contributed by atoms with Gasteiger partial charge in [0.15, 0.2) is 5.78 Å². The van der Waals surface area contributed by atoms with Crippen molar-refractivity contribution >= 4 is 11.8 Å². The van der Waals surface area contributed by atoms with Crippen LogP contribution in [0.15, 0.2) is 23.3 Å². The summed E-state index contributed by atoms with van der Waals surface area (Å²) in [5.74, 6) is -0.170. The number of aliphatic hydroxyl groups excluding tert-OH is 1. The van der Waals surface area contributed by atoms with Gasteiger partial charge in [-0.25, -0.2) is 0 Å². The van der Waals surface area contributed by atoms with Gasteiger partial charge in [0.1, 0.15) is 6.10 Å². The fourth-order valence-electron chi connectivity index (χ4n) is 9.62. The summed E-state index contributed by atoms with van der Waals surface area (Å²) in [6.07, 6.45) is 7.33. The summed E-state index contributed by atoms with van der Waals surface area (Å²) in [5.41, 5.74) is -1.02. The monoisotopic (exact) mass is 530 g/mol. The maximum Gasteiger partial charge on any atom is 0.302 e. The van der Waals surface area contributed by atoms with Crippen molar-refractivity contribution in [2.45, 2.75) is 124 Å². The van der Waals surface area contributed by atoms with Crippen molar-refractivity contribution in [1.82, 2.24) is 0 Å². The molecule has 0 bridgehead atoms. The molecule has 4 aliphatic carbocycles. The van der Waals surface area contributed by atoms with Crippen molar-refractivity contribution in [3.8, 4) is 0 Å². The zero-order valence-corrected chi connectivity index (χ0v) is 24.9. The van der Waals surface area contributed by atoms with Gasteiger partial charge in [-0.15, -0.1) is 0 Å². The molecule has 0 spiro atoms. The molecule has 0 aromatic rings. The van der Waals surface area contributed by atoms with Gasteiger partial charge in [-0.3, -0.25) is 9.59 Å². The van der Waals surface area contributed by atoms with Crippen LogP contribution in [0.25, 0.3) is 0 Å². The number of carbonyl (C=O) groups is 2. The van der Waals surface area contributed by atoms with Crippen LogP contribution in [-0.4, -0.2) is 50.5 Å². The molecule has 0 unspecified atom stereocenters. The minimum atomic E-state index is -1.35. The lowest BCUT2D eigenvalue weighted by atomic mass is 9.43. The first kappa shape index (κ1) is 29.5. The molecule has 0 amide bonds. The van der Waals surface area contributed by atoms with Gasteiger partial charge >= 0.3 is 5.97 Å². The van der Waals surface area contributed by atoms with Crippen LogP contribution in [0.4, 0.5) is 0 Å². The molecule has 4 aliphatic rings. The molecule has 4 fully saturated rings. The summed E-state index contributed by atoms with van der Waals surface area (Å²) >= 11 is 0. The lowest BCUT2D eigenvalue weighted by molar-refractivity contribution is -0.185. The Morgan fingerprint density at radius 1 is 1.05 bits per heavy atom. The Balaban J connectivity index is 1.67. The first-order valence-electron chi connectivity index (χ1n) is 14.5. The Hall–Kier alpha value is -1.50. The average Bonchev–Trinajstić information content (AvgIpc) is 3.17. The molecule has 6 nitrogen and oxygen atoms in total. The third-order valence-electron chi connectivity index (χ3n) is 11.6. The van der Waals surface area contributed by atoms with Gasteiger partial charge in [-0.2, -0.15) is 0 Å². The van der Waals surface area contributed by atoms with Crippen molar-refractivity contribution in [3.63, 3.8) is 0 Å². The van der Waals surface area contributed by atoms with Gasteiger partial charge in [0.25, 0.3) is 0 Å². The van der Waals surface area contributed by atoms with Gasteiger partial charge in [0.05, 0.1) is 17.3 Å². The molecule has 4 saturated carbocycles. The van der Waals surface area contributed by atoms with Crippen LogP contribution in [-0.2, 0) is 14.3 Å². The molecule has 4 rings (SSSR count). The second kappa shape index (κ2) is 9.27. The summed E-state index contributed by atoms with van der Waals surface area (Å²) in [6.45, 7) is 17.6. The normalized spacial score (nSPS) is 46.2. The minimum absolute atomic E-state index is 0.0280. The van der Waals surface area contributed by atoms with E-state index in [1.807, 2.05) is 19.1 Å². The topological polar surface area (TPSA) is 104 Å². The molecular formula is C32H50O6. The van der Waals surface area contributed by atoms with Crippen LogP contribution in [0.2, 0.25) is 0 Å². The highest BCUT2D eigenvalue weighted by Crippen LogP contribution is 2.69. The summed E-state index contributed by atoms with van der Waals surface area (Å²) in [5, 5.41) is 32.4. The predicted octanol–water partition coefficient (Wildman–Crippen LogP) is 5.14. The van der Waals surface area contributed by atoms with Gasteiger partial charge in [-0.1, -0.05) is 39.8 Å². The predicted molar refractivity (Wildman–Crippen MR) is 147 cm³/mol. The highest BCUT2D eigenvalue weighted by Gasteiger charge is 2.65. The number of ether oxygens (including phenoxy) is 1. The van der Waals surface area contributed by atoms with Crippen LogP contribution < -0.4 is 0 Å². The first-order chi connectivity index (χ1) is 17.3. The number of ketones is 1. The fraction of sp³-hybridized carbons (Fsp3) is 0.812. The van der Waals surface area contributed by atoms with E-state index in [2.05, 4.69) is 27.7 Å². The number of aliphatic hydroxyl groups is 3. The third kappa shape index (κ3) is 4.43. The molecule has 0 saturated heterocycles. The Morgan fingerprint density at radius 3 is 2.26 bits per heavy atom. The second-order valence-corrected chi connectivity index (χ2v) is 14.8. The van der Waals surface area contributed by atoms with E-state index >= 15 is 0 Å². The number of rotatable bonds is 4. The molecule has 9 atom stereocenters. The van der Waals surface area contributed by atoms with Crippen molar-refractivity contribution in [2.24, 2.45) is 39.9 Å². The number of fused-ring (bicyclic) bond motifs is 3. The SMILES string of the molecule is CC(=O)O[C@H]1CC[C@@]2(C)[C@@H](CC[C@]3(C)/C(=C(C)\C=C\[C@H]4[C@H](C(C)(C)O)C[C@@H](O)[C@]4(C)O)C(=O)C[C@@H]23)C1(C)C. The zero-order valence-electron chi connectivity index (χ0n) is 24.9. The van der Waals surface area contributed by atoms with Gasteiger partial charge < -0.3 is 20.1 Å². The lowest BCUT2D eigenvalue weighted by Crippen LogP contribution is -2.58. The number of Topliss-reactive ketones (excluding diaryl/α,β-unsaturated/α-hetero) is 1. The number of carbonyl (C=O) groups excluding carboxylic acids is 2. The molecule has 3 N–H and O–H groups in total. The number of allylic oxidation sites excluding steroid dienone is 3. The minimum Gasteiger partial charge on any atom is -0.462 e. The Labute approximate surface area is 228 Å². The quantitative estimate of drug-likeness (QED) is 0.343. The molecule has 6 heteroatoms. The van der Waals surface area contributed by atoms with Gasteiger partial charge in [0.2, 0.25) is 0 Å². The third-order valence-corrected chi connectivity index (χ3v) is 11.6. The Morgan fingerprint density at radius 2 is 1.68 bits per heavy atom. The molecular weight excluding hydrogens is 480 g/mol. The fourth-order valence-corrected chi connectivity index (χ4v) is 9.62. The van der Waals surface area contributed by atoms with E-state index < -0.39 is 23.2 Å². The van der Waals surface area contributed by atoms with Crippen molar-refractivity contribution in [3.05, 3.63) is 23.3 Å². The smallest absolute Gasteiger partial charge is 0.302 e. The van der Waals surface area contributed by atoms with Gasteiger partial charge in [0, 0.05) is 35.7 Å². The highest BCUT2D eigenvalue weighted by molar-refractivity contribution is 6.00. The summed E-state index contributed by atoms with van der Waals surface area (Å²) in [7, 11) is 0. The summed E-state index contributed by atoms with van der Waals surface area (Å²) in [6, 6.07) is 0.